The first kappa shape index (κ1) is 12.2. The smallest absolute Gasteiger partial charge is 0.182 e. The summed E-state index contributed by atoms with van der Waals surface area (Å²) in [5.41, 5.74) is 1.25. The molecule has 0 aliphatic carbocycles. The normalized spacial score (nSPS) is 24.6. The standard InChI is InChI=1S/C14H16N2O3/c1-18-11-5-9-10(6-12(11)19-2)16-7-8-3-4-15-13(8)14(9)17/h5-8,13,15H,3-4H2,1-2H3. The van der Waals surface area contributed by atoms with Crippen molar-refractivity contribution in [3.8, 4) is 11.5 Å². The Balaban J connectivity index is 2.12. The molecule has 1 fully saturated rings. The van der Waals surface area contributed by atoms with E-state index in [9.17, 15) is 4.79 Å². The molecule has 0 aromatic heterocycles. The highest BCUT2D eigenvalue weighted by atomic mass is 16.5. The van der Waals surface area contributed by atoms with E-state index in [1.807, 2.05) is 6.21 Å². The molecule has 0 saturated carbocycles. The molecule has 2 aliphatic rings. The fraction of sp³-hybridized carbons (Fsp3) is 0.429. The summed E-state index contributed by atoms with van der Waals surface area (Å²) in [6, 6.07) is 3.31. The number of ether oxygens (including phenoxy) is 2. The van der Waals surface area contributed by atoms with Gasteiger partial charge in [0.2, 0.25) is 0 Å². The van der Waals surface area contributed by atoms with Gasteiger partial charge in [-0.15, -0.1) is 0 Å². The lowest BCUT2D eigenvalue weighted by Gasteiger charge is -2.14. The number of fused-ring (bicyclic) bond motifs is 2. The maximum Gasteiger partial charge on any atom is 0.182 e. The van der Waals surface area contributed by atoms with Crippen LogP contribution < -0.4 is 14.8 Å². The van der Waals surface area contributed by atoms with Gasteiger partial charge >= 0.3 is 0 Å². The summed E-state index contributed by atoms with van der Waals surface area (Å²) in [5, 5.41) is 3.24. The molecule has 1 aromatic carbocycles. The second-order valence-corrected chi connectivity index (χ2v) is 4.75. The Kier molecular flexibility index (Phi) is 2.98. The number of ketones is 1. The molecule has 2 atom stereocenters. The largest absolute Gasteiger partial charge is 0.493 e. The van der Waals surface area contributed by atoms with Crippen LogP contribution in [0.2, 0.25) is 0 Å². The van der Waals surface area contributed by atoms with Gasteiger partial charge in [0.15, 0.2) is 17.3 Å². The number of hydrogen-bond acceptors (Lipinski definition) is 5. The van der Waals surface area contributed by atoms with E-state index in [-0.39, 0.29) is 17.7 Å². The van der Waals surface area contributed by atoms with Crippen molar-refractivity contribution in [3.05, 3.63) is 17.7 Å². The molecule has 5 nitrogen and oxygen atoms in total. The van der Waals surface area contributed by atoms with Gasteiger partial charge in [0.05, 0.1) is 25.9 Å². The molecular weight excluding hydrogens is 244 g/mol. The van der Waals surface area contributed by atoms with Crippen LogP contribution in [0, 0.1) is 5.92 Å². The first-order valence-electron chi connectivity index (χ1n) is 6.32. The molecule has 5 heteroatoms. The number of carbonyl (C=O) groups is 1. The Morgan fingerprint density at radius 2 is 2.00 bits per heavy atom. The lowest BCUT2D eigenvalue weighted by atomic mass is 9.95. The van der Waals surface area contributed by atoms with Crippen molar-refractivity contribution in [2.45, 2.75) is 12.5 Å². The first-order valence-corrected chi connectivity index (χ1v) is 6.32. The summed E-state index contributed by atoms with van der Waals surface area (Å²) < 4.78 is 10.5. The number of methoxy groups -OCH3 is 2. The minimum absolute atomic E-state index is 0.0796. The average molecular weight is 260 g/mol. The molecule has 0 spiro atoms. The summed E-state index contributed by atoms with van der Waals surface area (Å²) >= 11 is 0. The first-order chi connectivity index (χ1) is 9.24. The van der Waals surface area contributed by atoms with E-state index in [0.717, 1.165) is 13.0 Å². The van der Waals surface area contributed by atoms with Crippen LogP contribution in [-0.2, 0) is 0 Å². The van der Waals surface area contributed by atoms with Gasteiger partial charge in [-0.1, -0.05) is 0 Å². The van der Waals surface area contributed by atoms with Crippen molar-refractivity contribution >= 4 is 17.7 Å². The van der Waals surface area contributed by atoms with E-state index < -0.39 is 0 Å². The Morgan fingerprint density at radius 3 is 2.74 bits per heavy atom. The van der Waals surface area contributed by atoms with Gasteiger partial charge in [-0.05, 0) is 19.0 Å². The molecule has 2 unspecified atom stereocenters. The summed E-state index contributed by atoms with van der Waals surface area (Å²) in [6.07, 6.45) is 2.82. The molecule has 2 aliphatic heterocycles. The van der Waals surface area contributed by atoms with E-state index in [1.54, 1.807) is 26.4 Å². The lowest BCUT2D eigenvalue weighted by molar-refractivity contribution is 0.0945. The molecule has 19 heavy (non-hydrogen) atoms. The van der Waals surface area contributed by atoms with Gasteiger partial charge < -0.3 is 14.8 Å². The van der Waals surface area contributed by atoms with Gasteiger partial charge in [-0.2, -0.15) is 0 Å². The highest BCUT2D eigenvalue weighted by Crippen LogP contribution is 2.37. The summed E-state index contributed by atoms with van der Waals surface area (Å²) in [5.74, 6) is 1.40. The number of nitrogens with one attached hydrogen (secondary N) is 1. The molecule has 1 saturated heterocycles. The number of benzene rings is 1. The predicted octanol–water partition coefficient (Wildman–Crippen LogP) is 1.58. The van der Waals surface area contributed by atoms with Gasteiger partial charge in [0.25, 0.3) is 0 Å². The molecule has 1 N–H and O–H groups in total. The number of aliphatic imine (C=N–C) groups is 1. The molecule has 1 aromatic rings. The number of rotatable bonds is 2. The number of Topliss-reactive ketones (excluding diaryl/α,β-unsaturated/α-hetero) is 1. The predicted molar refractivity (Wildman–Crippen MR) is 71.9 cm³/mol. The quantitative estimate of drug-likeness (QED) is 0.877. The van der Waals surface area contributed by atoms with E-state index in [2.05, 4.69) is 10.3 Å². The highest BCUT2D eigenvalue weighted by Gasteiger charge is 2.35. The monoisotopic (exact) mass is 260 g/mol. The number of nitrogens with zero attached hydrogens (tertiary/aromatic N) is 1. The topological polar surface area (TPSA) is 59.9 Å². The van der Waals surface area contributed by atoms with Crippen LogP contribution in [0.25, 0.3) is 0 Å². The molecular formula is C14H16N2O3. The lowest BCUT2D eigenvalue weighted by Crippen LogP contribution is -2.35. The Hall–Kier alpha value is -1.88. The van der Waals surface area contributed by atoms with Crippen molar-refractivity contribution < 1.29 is 14.3 Å². The third kappa shape index (κ3) is 1.90. The average Bonchev–Trinajstić information content (AvgIpc) is 2.87. The second kappa shape index (κ2) is 4.66. The zero-order valence-corrected chi connectivity index (χ0v) is 11.0. The van der Waals surface area contributed by atoms with Crippen molar-refractivity contribution in [2.75, 3.05) is 20.8 Å². The zero-order valence-electron chi connectivity index (χ0n) is 11.0. The van der Waals surface area contributed by atoms with Crippen LogP contribution in [0.15, 0.2) is 17.1 Å². The van der Waals surface area contributed by atoms with E-state index in [4.69, 9.17) is 9.47 Å². The minimum Gasteiger partial charge on any atom is -0.493 e. The zero-order chi connectivity index (χ0) is 13.4. The fourth-order valence-corrected chi connectivity index (χ4v) is 2.69. The minimum atomic E-state index is -0.164. The van der Waals surface area contributed by atoms with Crippen molar-refractivity contribution in [2.24, 2.45) is 10.9 Å². The van der Waals surface area contributed by atoms with E-state index in [1.165, 1.54) is 0 Å². The van der Waals surface area contributed by atoms with Crippen molar-refractivity contribution in [3.63, 3.8) is 0 Å². The molecule has 0 bridgehead atoms. The fourth-order valence-electron chi connectivity index (χ4n) is 2.69. The molecule has 0 amide bonds. The molecule has 2 heterocycles. The van der Waals surface area contributed by atoms with Gasteiger partial charge in [-0.3, -0.25) is 9.79 Å². The SMILES string of the molecule is COc1cc2c(cc1OC)C(=O)C1NCCC1C=N2. The second-order valence-electron chi connectivity index (χ2n) is 4.75. The van der Waals surface area contributed by atoms with Gasteiger partial charge in [0, 0.05) is 23.8 Å². The Labute approximate surface area is 111 Å². The third-order valence-corrected chi connectivity index (χ3v) is 3.72. The number of carbonyl (C=O) groups excluding carboxylic acids is 1. The Morgan fingerprint density at radius 1 is 1.26 bits per heavy atom. The van der Waals surface area contributed by atoms with Crippen LogP contribution in [0.5, 0.6) is 11.5 Å². The van der Waals surface area contributed by atoms with E-state index in [0.29, 0.717) is 22.7 Å². The van der Waals surface area contributed by atoms with Gasteiger partial charge in [0.1, 0.15) is 0 Å². The van der Waals surface area contributed by atoms with Crippen LogP contribution >= 0.6 is 0 Å². The maximum atomic E-state index is 12.5. The highest BCUT2D eigenvalue weighted by molar-refractivity contribution is 6.08. The van der Waals surface area contributed by atoms with Crippen LogP contribution in [-0.4, -0.2) is 38.8 Å². The third-order valence-electron chi connectivity index (χ3n) is 3.72. The summed E-state index contributed by atoms with van der Waals surface area (Å²) in [6.45, 7) is 0.857. The molecule has 100 valence electrons. The van der Waals surface area contributed by atoms with Crippen LogP contribution in [0.1, 0.15) is 16.8 Å². The summed E-state index contributed by atoms with van der Waals surface area (Å²) in [7, 11) is 3.13. The summed E-state index contributed by atoms with van der Waals surface area (Å²) in [4.78, 5) is 17.0. The molecule has 3 rings (SSSR count). The Bertz CT molecular complexity index is 554. The van der Waals surface area contributed by atoms with Gasteiger partial charge in [-0.25, -0.2) is 0 Å². The van der Waals surface area contributed by atoms with Crippen LogP contribution in [0.4, 0.5) is 5.69 Å². The number of hydrogen-bond donors (Lipinski definition) is 1. The van der Waals surface area contributed by atoms with Crippen molar-refractivity contribution in [1.29, 1.82) is 0 Å². The van der Waals surface area contributed by atoms with E-state index >= 15 is 0 Å². The van der Waals surface area contributed by atoms with Crippen molar-refractivity contribution in [1.82, 2.24) is 5.32 Å². The molecule has 0 radical (unpaired) electrons. The maximum absolute atomic E-state index is 12.5. The van der Waals surface area contributed by atoms with Crippen LogP contribution in [0.3, 0.4) is 0 Å².